The van der Waals surface area contributed by atoms with Crippen molar-refractivity contribution in [1.82, 2.24) is 4.72 Å². The van der Waals surface area contributed by atoms with Gasteiger partial charge in [-0.2, -0.15) is 4.72 Å². The molecule has 172 valence electrons. The number of halogens is 1. The zero-order chi connectivity index (χ0) is 23.5. The predicted octanol–water partition coefficient (Wildman–Crippen LogP) is 4.08. The molecule has 0 bridgehead atoms. The van der Waals surface area contributed by atoms with E-state index in [2.05, 4.69) is 26.0 Å². The van der Waals surface area contributed by atoms with Crippen LogP contribution in [0.5, 0.6) is 0 Å². The van der Waals surface area contributed by atoms with Crippen LogP contribution in [-0.4, -0.2) is 32.8 Å². The average molecular weight is 522 g/mol. The lowest BCUT2D eigenvalue weighted by Crippen LogP contribution is -2.44. The second kappa shape index (κ2) is 10.1. The number of carbonyl (C=O) groups excluding carboxylic acids is 2. The van der Waals surface area contributed by atoms with Crippen LogP contribution in [0.4, 0.5) is 11.4 Å². The van der Waals surface area contributed by atoms with E-state index in [9.17, 15) is 18.0 Å². The summed E-state index contributed by atoms with van der Waals surface area (Å²) < 4.78 is 29.6. The number of sulfonamides is 1. The lowest BCUT2D eigenvalue weighted by molar-refractivity contribution is -0.118. The van der Waals surface area contributed by atoms with Crippen LogP contribution in [0, 0.1) is 5.92 Å². The topological polar surface area (TPSA) is 95.6 Å². The number of hydrogen-bond acceptors (Lipinski definition) is 4. The van der Waals surface area contributed by atoms with Crippen LogP contribution in [0.15, 0.2) is 51.8 Å². The molecule has 0 saturated heterocycles. The molecule has 32 heavy (non-hydrogen) atoms. The standard InChI is InChI=1S/C23H28BrN3O4S/c1-4-22(28)27-12-11-16-14-17(9-10-21(16)27)32(30,31)26-20(13-15(2)3)23(29)25-19-8-6-5-7-18(19)24/h5-10,14-15,20,26H,4,11-13H2,1-3H3,(H,25,29)/t20-/m1/s1. The van der Waals surface area contributed by atoms with Gasteiger partial charge < -0.3 is 10.2 Å². The lowest BCUT2D eigenvalue weighted by atomic mass is 10.0. The quantitative estimate of drug-likeness (QED) is 0.546. The van der Waals surface area contributed by atoms with E-state index in [0.717, 1.165) is 11.3 Å². The van der Waals surface area contributed by atoms with Crippen molar-refractivity contribution in [2.75, 3.05) is 16.8 Å². The van der Waals surface area contributed by atoms with E-state index >= 15 is 0 Å². The number of hydrogen-bond donors (Lipinski definition) is 2. The largest absolute Gasteiger partial charge is 0.324 e. The van der Waals surface area contributed by atoms with Gasteiger partial charge in [-0.3, -0.25) is 9.59 Å². The molecule has 2 amide bonds. The maximum atomic E-state index is 13.1. The van der Waals surface area contributed by atoms with Crippen LogP contribution in [0.3, 0.4) is 0 Å². The van der Waals surface area contributed by atoms with Crippen molar-refractivity contribution in [2.45, 2.75) is 51.0 Å². The number of rotatable bonds is 8. The molecule has 0 aliphatic carbocycles. The second-order valence-electron chi connectivity index (χ2n) is 8.21. The molecule has 0 fully saturated rings. The highest BCUT2D eigenvalue weighted by Gasteiger charge is 2.29. The number of amides is 2. The summed E-state index contributed by atoms with van der Waals surface area (Å²) in [6.07, 6.45) is 1.34. The SMILES string of the molecule is CCC(=O)N1CCc2cc(S(=O)(=O)N[C@H](CC(C)C)C(=O)Nc3ccccc3Br)ccc21. The molecular formula is C23H28BrN3O4S. The molecule has 0 aromatic heterocycles. The summed E-state index contributed by atoms with van der Waals surface area (Å²) >= 11 is 3.39. The van der Waals surface area contributed by atoms with Crippen molar-refractivity contribution in [2.24, 2.45) is 5.92 Å². The van der Waals surface area contributed by atoms with E-state index in [1.165, 1.54) is 6.07 Å². The van der Waals surface area contributed by atoms with Gasteiger partial charge in [0.1, 0.15) is 6.04 Å². The number of carbonyl (C=O) groups is 2. The van der Waals surface area contributed by atoms with Crippen molar-refractivity contribution < 1.29 is 18.0 Å². The molecule has 2 N–H and O–H groups in total. The highest BCUT2D eigenvalue weighted by atomic mass is 79.9. The number of anilines is 2. The van der Waals surface area contributed by atoms with Crippen LogP contribution in [-0.2, 0) is 26.0 Å². The smallest absolute Gasteiger partial charge is 0.242 e. The van der Waals surface area contributed by atoms with Gasteiger partial charge in [0.05, 0.1) is 10.6 Å². The molecule has 0 unspecified atom stereocenters. The Morgan fingerprint density at radius 2 is 1.88 bits per heavy atom. The van der Waals surface area contributed by atoms with Gasteiger partial charge in [0, 0.05) is 23.1 Å². The highest BCUT2D eigenvalue weighted by Crippen LogP contribution is 2.31. The lowest BCUT2D eigenvalue weighted by Gasteiger charge is -2.21. The molecule has 2 aromatic rings. The number of nitrogens with one attached hydrogen (secondary N) is 2. The minimum Gasteiger partial charge on any atom is -0.324 e. The third-order valence-electron chi connectivity index (χ3n) is 5.31. The zero-order valence-corrected chi connectivity index (χ0v) is 20.8. The van der Waals surface area contributed by atoms with Crippen LogP contribution in [0.25, 0.3) is 0 Å². The summed E-state index contributed by atoms with van der Waals surface area (Å²) in [6.45, 7) is 6.21. The maximum Gasteiger partial charge on any atom is 0.242 e. The van der Waals surface area contributed by atoms with Crippen molar-refractivity contribution in [1.29, 1.82) is 0 Å². The van der Waals surface area contributed by atoms with Gasteiger partial charge in [0.25, 0.3) is 0 Å². The summed E-state index contributed by atoms with van der Waals surface area (Å²) in [6, 6.07) is 11.0. The van der Waals surface area contributed by atoms with E-state index < -0.39 is 22.0 Å². The van der Waals surface area contributed by atoms with Crippen molar-refractivity contribution in [3.05, 3.63) is 52.5 Å². The highest BCUT2D eigenvalue weighted by molar-refractivity contribution is 9.10. The molecule has 3 rings (SSSR count). The first kappa shape index (κ1) is 24.4. The fourth-order valence-corrected chi connectivity index (χ4v) is 5.36. The van der Waals surface area contributed by atoms with Crippen molar-refractivity contribution in [3.8, 4) is 0 Å². The summed E-state index contributed by atoms with van der Waals surface area (Å²) in [5.41, 5.74) is 2.14. The van der Waals surface area contributed by atoms with Crippen LogP contribution < -0.4 is 14.9 Å². The first-order valence-corrected chi connectivity index (χ1v) is 12.9. The Hall–Kier alpha value is -2.23. The Balaban J connectivity index is 1.82. The van der Waals surface area contributed by atoms with Gasteiger partial charge in [0.15, 0.2) is 0 Å². The molecule has 1 heterocycles. The minimum absolute atomic E-state index is 0.0122. The molecule has 0 spiro atoms. The number of nitrogens with zero attached hydrogens (tertiary/aromatic N) is 1. The van der Waals surface area contributed by atoms with Crippen LogP contribution >= 0.6 is 15.9 Å². The molecule has 1 aliphatic heterocycles. The van der Waals surface area contributed by atoms with Gasteiger partial charge in [-0.1, -0.05) is 32.9 Å². The number of fused-ring (bicyclic) bond motifs is 1. The third kappa shape index (κ3) is 5.57. The first-order valence-electron chi connectivity index (χ1n) is 10.6. The van der Waals surface area contributed by atoms with Gasteiger partial charge in [-0.15, -0.1) is 0 Å². The van der Waals surface area contributed by atoms with Gasteiger partial charge in [-0.25, -0.2) is 8.42 Å². The fraction of sp³-hybridized carbons (Fsp3) is 0.391. The molecule has 2 aromatic carbocycles. The first-order chi connectivity index (χ1) is 15.1. The summed E-state index contributed by atoms with van der Waals surface area (Å²) in [5.74, 6) is -0.311. The van der Waals surface area contributed by atoms with Crippen molar-refractivity contribution in [3.63, 3.8) is 0 Å². The van der Waals surface area contributed by atoms with Gasteiger partial charge in [-0.05, 0) is 70.6 Å². The van der Waals surface area contributed by atoms with Gasteiger partial charge >= 0.3 is 0 Å². The number of para-hydroxylation sites is 1. The number of benzene rings is 2. The summed E-state index contributed by atoms with van der Waals surface area (Å²) in [5, 5.41) is 2.80. The summed E-state index contributed by atoms with van der Waals surface area (Å²) in [4.78, 5) is 26.8. The second-order valence-corrected chi connectivity index (χ2v) is 10.8. The Labute approximate surface area is 197 Å². The monoisotopic (exact) mass is 521 g/mol. The Bertz CT molecular complexity index is 1120. The molecule has 1 aliphatic rings. The molecule has 0 radical (unpaired) electrons. The normalized spacial score (nSPS) is 14.3. The molecular weight excluding hydrogens is 494 g/mol. The predicted molar refractivity (Wildman–Crippen MR) is 129 cm³/mol. The Morgan fingerprint density at radius 3 is 2.53 bits per heavy atom. The average Bonchev–Trinajstić information content (AvgIpc) is 3.17. The third-order valence-corrected chi connectivity index (χ3v) is 7.47. The van der Waals surface area contributed by atoms with E-state index in [0.29, 0.717) is 36.0 Å². The minimum atomic E-state index is -3.94. The van der Waals surface area contributed by atoms with Crippen LogP contribution in [0.2, 0.25) is 0 Å². The zero-order valence-electron chi connectivity index (χ0n) is 18.4. The fourth-order valence-electron chi connectivity index (χ4n) is 3.71. The molecule has 9 heteroatoms. The van der Waals surface area contributed by atoms with Crippen molar-refractivity contribution >= 4 is 49.1 Å². The van der Waals surface area contributed by atoms with E-state index in [-0.39, 0.29) is 16.7 Å². The molecule has 1 atom stereocenters. The van der Waals surface area contributed by atoms with Gasteiger partial charge in [0.2, 0.25) is 21.8 Å². The van der Waals surface area contributed by atoms with E-state index in [1.54, 1.807) is 42.2 Å². The Morgan fingerprint density at radius 1 is 1.16 bits per heavy atom. The maximum absolute atomic E-state index is 13.1. The Kier molecular flexibility index (Phi) is 7.74. The molecule has 7 nitrogen and oxygen atoms in total. The molecule has 0 saturated carbocycles. The van der Waals surface area contributed by atoms with E-state index in [4.69, 9.17) is 0 Å². The summed E-state index contributed by atoms with van der Waals surface area (Å²) in [7, 11) is -3.94. The van der Waals surface area contributed by atoms with E-state index in [1.807, 2.05) is 19.9 Å². The van der Waals surface area contributed by atoms with Crippen LogP contribution in [0.1, 0.15) is 39.2 Å².